The van der Waals surface area contributed by atoms with Crippen LogP contribution in [0.5, 0.6) is 11.5 Å². The van der Waals surface area contributed by atoms with Gasteiger partial charge in [0.05, 0.1) is 18.4 Å². The van der Waals surface area contributed by atoms with Gasteiger partial charge in [0.2, 0.25) is 0 Å². The Morgan fingerprint density at radius 2 is 1.70 bits per heavy atom. The molecule has 4 aliphatic rings. The van der Waals surface area contributed by atoms with Crippen molar-refractivity contribution < 1.29 is 18.3 Å². The normalized spacial score (nSPS) is 21.5. The molecule has 0 spiro atoms. The number of anilines is 2. The minimum absolute atomic E-state index is 0.110. The number of halogens is 2. The van der Waals surface area contributed by atoms with Crippen molar-refractivity contribution in [1.82, 2.24) is 25.1 Å². The van der Waals surface area contributed by atoms with Crippen molar-refractivity contribution in [1.29, 1.82) is 0 Å². The highest BCUT2D eigenvalue weighted by Gasteiger charge is 2.32. The molecule has 47 heavy (non-hydrogen) atoms. The summed E-state index contributed by atoms with van der Waals surface area (Å²) in [6, 6.07) is 10.3. The molecular weight excluding hydrogens is 602 g/mol. The number of carbonyl (C=O) groups is 1. The summed E-state index contributed by atoms with van der Waals surface area (Å²) < 4.78 is 35.5. The van der Waals surface area contributed by atoms with Crippen LogP contribution >= 0.6 is 0 Å². The number of carbonyl (C=O) groups excluding carboxylic acids is 1. The molecular formula is C36H44F2N6O3. The largest absolute Gasteiger partial charge is 0.450 e. The highest BCUT2D eigenvalue weighted by molar-refractivity contribution is 5.83. The van der Waals surface area contributed by atoms with Crippen molar-refractivity contribution in [2.75, 3.05) is 51.1 Å². The molecule has 3 saturated heterocycles. The van der Waals surface area contributed by atoms with E-state index in [1.807, 2.05) is 6.07 Å². The molecule has 2 atom stereocenters. The quantitative estimate of drug-likeness (QED) is 0.238. The minimum Gasteiger partial charge on any atom is -0.450 e. The molecule has 0 amide bonds. The molecule has 3 fully saturated rings. The zero-order chi connectivity index (χ0) is 32.3. The molecule has 1 aromatic heterocycles. The van der Waals surface area contributed by atoms with Crippen LogP contribution < -0.4 is 26.4 Å². The Labute approximate surface area is 274 Å². The fourth-order valence-corrected chi connectivity index (χ4v) is 7.86. The number of nitrogens with zero attached hydrogens (tertiary/aromatic N) is 3. The van der Waals surface area contributed by atoms with Crippen molar-refractivity contribution >= 4 is 17.3 Å². The van der Waals surface area contributed by atoms with E-state index in [-0.39, 0.29) is 29.4 Å². The lowest BCUT2D eigenvalue weighted by Crippen LogP contribution is -2.42. The summed E-state index contributed by atoms with van der Waals surface area (Å²) in [5.74, 6) is 0.541. The lowest BCUT2D eigenvalue weighted by Gasteiger charge is -2.35. The molecule has 2 aromatic carbocycles. The van der Waals surface area contributed by atoms with Gasteiger partial charge < -0.3 is 20.7 Å². The SMILES string of the molecule is O=C(CN1CCC(c2ccc3c(c2)Nc2nc(=O)n(C4CCCNCC4)cc2O3)CC1)C(Cc1ccc(F)c(F)c1)C1CCNCC1. The maximum absolute atomic E-state index is 14.0. The second kappa shape index (κ2) is 14.2. The van der Waals surface area contributed by atoms with Crippen LogP contribution in [-0.2, 0) is 11.2 Å². The molecule has 0 aliphatic carbocycles. The summed E-state index contributed by atoms with van der Waals surface area (Å²) in [7, 11) is 0. The van der Waals surface area contributed by atoms with Gasteiger partial charge in [0.25, 0.3) is 0 Å². The summed E-state index contributed by atoms with van der Waals surface area (Å²) in [5, 5.41) is 10.1. The summed E-state index contributed by atoms with van der Waals surface area (Å²) in [5.41, 5.74) is 2.41. The van der Waals surface area contributed by atoms with Crippen LogP contribution in [0.15, 0.2) is 47.4 Å². The Balaban J connectivity index is 0.978. The average molecular weight is 647 g/mol. The van der Waals surface area contributed by atoms with E-state index in [0.717, 1.165) is 96.0 Å². The zero-order valence-corrected chi connectivity index (χ0v) is 26.8. The van der Waals surface area contributed by atoms with Crippen LogP contribution in [-0.4, -0.2) is 66.0 Å². The fourth-order valence-electron chi connectivity index (χ4n) is 7.86. The van der Waals surface area contributed by atoms with Gasteiger partial charge >= 0.3 is 5.69 Å². The Morgan fingerprint density at radius 1 is 0.915 bits per heavy atom. The van der Waals surface area contributed by atoms with E-state index in [0.29, 0.717) is 41.8 Å². The van der Waals surface area contributed by atoms with E-state index in [9.17, 15) is 18.4 Å². The predicted molar refractivity (Wildman–Crippen MR) is 177 cm³/mol. The van der Waals surface area contributed by atoms with Crippen LogP contribution in [0, 0.1) is 23.5 Å². The average Bonchev–Trinajstić information content (AvgIpc) is 3.38. The molecule has 5 heterocycles. The first kappa shape index (κ1) is 31.9. The number of hydrogen-bond donors (Lipinski definition) is 3. The van der Waals surface area contributed by atoms with Crippen molar-refractivity contribution in [3.8, 4) is 11.5 Å². The summed E-state index contributed by atoms with van der Waals surface area (Å²) in [6.45, 7) is 5.58. The Hall–Kier alpha value is -3.67. The number of ketones is 1. The van der Waals surface area contributed by atoms with Crippen molar-refractivity contribution in [2.45, 2.75) is 63.3 Å². The summed E-state index contributed by atoms with van der Waals surface area (Å²) >= 11 is 0. The number of Topliss-reactive ketones (excluding diaryl/α,β-unsaturated/α-hetero) is 1. The van der Waals surface area contributed by atoms with Gasteiger partial charge in [-0.1, -0.05) is 12.1 Å². The first-order valence-corrected chi connectivity index (χ1v) is 17.2. The van der Waals surface area contributed by atoms with E-state index in [1.165, 1.54) is 11.6 Å². The summed E-state index contributed by atoms with van der Waals surface area (Å²) in [6.07, 6.45) is 8.74. The van der Waals surface area contributed by atoms with E-state index in [1.54, 1.807) is 16.8 Å². The number of aromatic nitrogens is 2. The monoisotopic (exact) mass is 646 g/mol. The number of likely N-dealkylation sites (tertiary alicyclic amines) is 1. The molecule has 0 bridgehead atoms. The maximum Gasteiger partial charge on any atom is 0.350 e. The second-order valence-electron chi connectivity index (χ2n) is 13.6. The number of ether oxygens (including phenoxy) is 1. The smallest absolute Gasteiger partial charge is 0.350 e. The third-order valence-electron chi connectivity index (χ3n) is 10.6. The van der Waals surface area contributed by atoms with Crippen molar-refractivity contribution in [3.63, 3.8) is 0 Å². The van der Waals surface area contributed by atoms with Gasteiger partial charge in [0, 0.05) is 12.0 Å². The first-order valence-electron chi connectivity index (χ1n) is 17.2. The van der Waals surface area contributed by atoms with E-state index in [2.05, 4.69) is 38.0 Å². The third-order valence-corrected chi connectivity index (χ3v) is 10.6. The van der Waals surface area contributed by atoms with Crippen LogP contribution in [0.1, 0.15) is 68.0 Å². The van der Waals surface area contributed by atoms with Gasteiger partial charge in [0.1, 0.15) is 0 Å². The Bertz CT molecular complexity index is 1640. The zero-order valence-electron chi connectivity index (χ0n) is 26.8. The van der Waals surface area contributed by atoms with Crippen LogP contribution in [0.2, 0.25) is 0 Å². The molecule has 3 aromatic rings. The first-order chi connectivity index (χ1) is 22.9. The highest BCUT2D eigenvalue weighted by atomic mass is 19.2. The molecule has 2 unspecified atom stereocenters. The van der Waals surface area contributed by atoms with Gasteiger partial charge in [-0.25, -0.2) is 13.6 Å². The number of benzene rings is 2. The Kier molecular flexibility index (Phi) is 9.65. The third kappa shape index (κ3) is 7.27. The van der Waals surface area contributed by atoms with Gasteiger partial charge in [-0.05, 0) is 138 Å². The van der Waals surface area contributed by atoms with Crippen molar-refractivity contribution in [2.24, 2.45) is 11.8 Å². The van der Waals surface area contributed by atoms with Gasteiger partial charge in [-0.2, -0.15) is 4.98 Å². The number of fused-ring (bicyclic) bond motifs is 2. The van der Waals surface area contributed by atoms with Crippen molar-refractivity contribution in [3.05, 3.63) is 75.8 Å². The van der Waals surface area contributed by atoms with Crippen LogP contribution in [0.3, 0.4) is 0 Å². The number of piperidine rings is 2. The molecule has 7 rings (SSSR count). The molecule has 250 valence electrons. The van der Waals surface area contributed by atoms with E-state index >= 15 is 0 Å². The fraction of sp³-hybridized carbons (Fsp3) is 0.528. The second-order valence-corrected chi connectivity index (χ2v) is 13.6. The lowest BCUT2D eigenvalue weighted by atomic mass is 9.78. The van der Waals surface area contributed by atoms with Gasteiger partial charge in [-0.15, -0.1) is 0 Å². The topological polar surface area (TPSA) is 101 Å². The number of nitrogens with one attached hydrogen (secondary N) is 3. The minimum atomic E-state index is -0.864. The van der Waals surface area contributed by atoms with E-state index in [4.69, 9.17) is 4.74 Å². The molecule has 4 aliphatic heterocycles. The van der Waals surface area contributed by atoms with Crippen LogP contribution in [0.25, 0.3) is 0 Å². The van der Waals surface area contributed by atoms with Crippen LogP contribution in [0.4, 0.5) is 20.3 Å². The van der Waals surface area contributed by atoms with Gasteiger partial charge in [-0.3, -0.25) is 14.3 Å². The van der Waals surface area contributed by atoms with Gasteiger partial charge in [0.15, 0.2) is 34.7 Å². The standard InChI is InChI=1S/C36H44F2N6O3/c37-29-5-3-23(19-30(29)38)18-28(25-7-13-40-14-8-25)32(45)21-43-16-10-24(11-17-43)26-4-6-33-31(20-26)41-35-34(47-33)22-44(36(46)42-35)27-2-1-12-39-15-9-27/h3-6,19-20,22,24-25,27-28,39-40H,1-2,7-18,21H2,(H,41,42,46). The molecule has 11 heteroatoms. The maximum atomic E-state index is 14.0. The Morgan fingerprint density at radius 3 is 2.51 bits per heavy atom. The molecule has 9 nitrogen and oxygen atoms in total. The predicted octanol–water partition coefficient (Wildman–Crippen LogP) is 5.29. The lowest BCUT2D eigenvalue weighted by molar-refractivity contribution is -0.126. The van der Waals surface area contributed by atoms with E-state index < -0.39 is 11.6 Å². The molecule has 3 N–H and O–H groups in total. The summed E-state index contributed by atoms with van der Waals surface area (Å²) in [4.78, 5) is 33.3. The molecule has 0 radical (unpaired) electrons. The number of rotatable bonds is 8. The number of hydrogen-bond acceptors (Lipinski definition) is 8. The molecule has 0 saturated carbocycles. The highest BCUT2D eigenvalue weighted by Crippen LogP contribution is 2.43.